The Morgan fingerprint density at radius 1 is 1.16 bits per heavy atom. The van der Waals surface area contributed by atoms with Gasteiger partial charge < -0.3 is 15.4 Å². The van der Waals surface area contributed by atoms with E-state index in [2.05, 4.69) is 32.7 Å². The van der Waals surface area contributed by atoms with Gasteiger partial charge in [-0.1, -0.05) is 24.3 Å². The first-order chi connectivity index (χ1) is 11.7. The van der Waals surface area contributed by atoms with Gasteiger partial charge in [-0.05, 0) is 38.0 Å². The van der Waals surface area contributed by atoms with Gasteiger partial charge in [0, 0.05) is 37.6 Å². The number of halogens is 1. The lowest BCUT2D eigenvalue weighted by atomic mass is 10.2. The molecule has 0 amide bonds. The number of para-hydroxylation sites is 1. The highest BCUT2D eigenvalue weighted by Crippen LogP contribution is 2.17. The van der Waals surface area contributed by atoms with Crippen molar-refractivity contribution in [1.82, 2.24) is 15.6 Å². The van der Waals surface area contributed by atoms with Crippen LogP contribution in [0.15, 0.2) is 47.6 Å². The molecule has 2 N–H and O–H groups in total. The summed E-state index contributed by atoms with van der Waals surface area (Å²) in [5.74, 6) is 1.69. The largest absolute Gasteiger partial charge is 0.494 e. The van der Waals surface area contributed by atoms with Crippen LogP contribution in [0.4, 0.5) is 0 Å². The van der Waals surface area contributed by atoms with Crippen LogP contribution < -0.4 is 15.4 Å². The van der Waals surface area contributed by atoms with Crippen LogP contribution in [0.2, 0.25) is 0 Å². The number of pyridine rings is 1. The van der Waals surface area contributed by atoms with Crippen LogP contribution in [-0.4, -0.2) is 31.1 Å². The molecule has 0 spiro atoms. The van der Waals surface area contributed by atoms with Gasteiger partial charge in [-0.15, -0.1) is 24.0 Å². The summed E-state index contributed by atoms with van der Waals surface area (Å²) in [4.78, 5) is 8.57. The molecular weight excluding hydrogens is 427 g/mol. The van der Waals surface area contributed by atoms with Gasteiger partial charge in [0.15, 0.2) is 5.96 Å². The van der Waals surface area contributed by atoms with Gasteiger partial charge in [0.1, 0.15) is 5.75 Å². The number of guanidine groups is 1. The van der Waals surface area contributed by atoms with Crippen molar-refractivity contribution in [3.05, 3.63) is 59.4 Å². The topological polar surface area (TPSA) is 58.5 Å². The zero-order valence-corrected chi connectivity index (χ0v) is 17.4. The first-order valence-corrected chi connectivity index (χ1v) is 8.29. The molecule has 136 valence electrons. The third-order valence-electron chi connectivity index (χ3n) is 3.62. The zero-order chi connectivity index (χ0) is 17.2. The second-order valence-electron chi connectivity index (χ2n) is 5.45. The summed E-state index contributed by atoms with van der Waals surface area (Å²) < 4.78 is 5.64. The Balaban J connectivity index is 0.00000312. The van der Waals surface area contributed by atoms with Crippen molar-refractivity contribution in [3.8, 4) is 5.75 Å². The molecule has 0 aliphatic carbocycles. The summed E-state index contributed by atoms with van der Waals surface area (Å²) in [6, 6.07) is 12.2. The van der Waals surface area contributed by atoms with Gasteiger partial charge in [-0.25, -0.2) is 0 Å². The number of hydrogen-bond acceptors (Lipinski definition) is 3. The fourth-order valence-electron chi connectivity index (χ4n) is 2.32. The lowest BCUT2D eigenvalue weighted by Gasteiger charge is -2.14. The molecule has 2 rings (SSSR count). The number of benzene rings is 1. The molecule has 0 aliphatic rings. The second kappa shape index (κ2) is 11.7. The van der Waals surface area contributed by atoms with Crippen molar-refractivity contribution in [1.29, 1.82) is 0 Å². The van der Waals surface area contributed by atoms with Crippen molar-refractivity contribution < 1.29 is 4.74 Å². The Hall–Kier alpha value is -1.83. The highest BCUT2D eigenvalue weighted by molar-refractivity contribution is 14.0. The number of ether oxygens (including phenoxy) is 1. The molecule has 1 heterocycles. The molecule has 0 radical (unpaired) electrons. The average Bonchev–Trinajstić information content (AvgIpc) is 2.61. The van der Waals surface area contributed by atoms with Crippen LogP contribution in [0.5, 0.6) is 5.75 Å². The summed E-state index contributed by atoms with van der Waals surface area (Å²) in [6.45, 7) is 6.12. The molecule has 0 fully saturated rings. The van der Waals surface area contributed by atoms with E-state index in [1.165, 1.54) is 5.56 Å². The highest BCUT2D eigenvalue weighted by Gasteiger charge is 2.04. The Labute approximate surface area is 167 Å². The molecule has 0 atom stereocenters. The summed E-state index contributed by atoms with van der Waals surface area (Å²) >= 11 is 0. The number of nitrogens with zero attached hydrogens (tertiary/aromatic N) is 2. The highest BCUT2D eigenvalue weighted by atomic mass is 127. The van der Waals surface area contributed by atoms with Crippen LogP contribution >= 0.6 is 24.0 Å². The summed E-state index contributed by atoms with van der Waals surface area (Å²) in [5, 5.41) is 6.65. The molecule has 0 saturated heterocycles. The monoisotopic (exact) mass is 454 g/mol. The van der Waals surface area contributed by atoms with E-state index in [0.29, 0.717) is 13.2 Å². The Morgan fingerprint density at radius 2 is 1.96 bits per heavy atom. The third kappa shape index (κ3) is 7.29. The number of rotatable bonds is 7. The Bertz CT molecular complexity index is 659. The number of nitrogens with one attached hydrogen (secondary N) is 2. The van der Waals surface area contributed by atoms with Gasteiger partial charge in [0.2, 0.25) is 0 Å². The van der Waals surface area contributed by atoms with Crippen LogP contribution in [0.1, 0.15) is 23.7 Å². The molecule has 1 aromatic heterocycles. The van der Waals surface area contributed by atoms with E-state index in [1.54, 1.807) is 7.05 Å². The summed E-state index contributed by atoms with van der Waals surface area (Å²) in [5.41, 5.74) is 3.37. The quantitative estimate of drug-likeness (QED) is 0.383. The predicted molar refractivity (Wildman–Crippen MR) is 114 cm³/mol. The van der Waals surface area contributed by atoms with Gasteiger partial charge in [-0.3, -0.25) is 9.98 Å². The van der Waals surface area contributed by atoms with Crippen molar-refractivity contribution in [2.45, 2.75) is 26.8 Å². The Kier molecular flexibility index (Phi) is 9.91. The van der Waals surface area contributed by atoms with Gasteiger partial charge in [0.05, 0.1) is 6.61 Å². The maximum atomic E-state index is 5.64. The van der Waals surface area contributed by atoms with Crippen molar-refractivity contribution >= 4 is 29.9 Å². The SMILES string of the molecule is CCOc1ccccc1CNC(=NC)NCCc1ccc(C)nc1.I. The first kappa shape index (κ1) is 21.2. The molecular formula is C19H27IN4O. The lowest BCUT2D eigenvalue weighted by molar-refractivity contribution is 0.336. The fourth-order valence-corrected chi connectivity index (χ4v) is 2.32. The standard InChI is InChI=1S/C19H26N4O.HI/c1-4-24-18-8-6-5-7-17(18)14-23-19(20-3)21-12-11-16-10-9-15(2)22-13-16;/h5-10,13H,4,11-12,14H2,1-3H3,(H2,20,21,23);1H. The minimum atomic E-state index is 0. The van der Waals surface area contributed by atoms with Crippen LogP contribution in [0.25, 0.3) is 0 Å². The van der Waals surface area contributed by atoms with E-state index in [1.807, 2.05) is 44.3 Å². The van der Waals surface area contributed by atoms with E-state index in [9.17, 15) is 0 Å². The van der Waals surface area contributed by atoms with Gasteiger partial charge >= 0.3 is 0 Å². The van der Waals surface area contributed by atoms with Gasteiger partial charge in [0.25, 0.3) is 0 Å². The molecule has 5 nitrogen and oxygen atoms in total. The average molecular weight is 454 g/mol. The van der Waals surface area contributed by atoms with Crippen LogP contribution in [-0.2, 0) is 13.0 Å². The van der Waals surface area contributed by atoms with E-state index < -0.39 is 0 Å². The van der Waals surface area contributed by atoms with Gasteiger partial charge in [-0.2, -0.15) is 0 Å². The van der Waals surface area contributed by atoms with E-state index >= 15 is 0 Å². The van der Waals surface area contributed by atoms with Crippen molar-refractivity contribution in [2.24, 2.45) is 4.99 Å². The molecule has 0 aliphatic heterocycles. The normalized spacial score (nSPS) is 10.8. The number of hydrogen-bond donors (Lipinski definition) is 2. The smallest absolute Gasteiger partial charge is 0.191 e. The predicted octanol–water partition coefficient (Wildman–Crippen LogP) is 3.31. The number of aryl methyl sites for hydroxylation is 1. The van der Waals surface area contributed by atoms with E-state index in [-0.39, 0.29) is 24.0 Å². The minimum absolute atomic E-state index is 0. The lowest BCUT2D eigenvalue weighted by Crippen LogP contribution is -2.37. The molecule has 0 bridgehead atoms. The van der Waals surface area contributed by atoms with E-state index in [4.69, 9.17) is 4.74 Å². The van der Waals surface area contributed by atoms with Crippen LogP contribution in [0.3, 0.4) is 0 Å². The molecule has 0 saturated carbocycles. The Morgan fingerprint density at radius 3 is 2.64 bits per heavy atom. The molecule has 0 unspecified atom stereocenters. The van der Waals surface area contributed by atoms with Crippen molar-refractivity contribution in [3.63, 3.8) is 0 Å². The fraction of sp³-hybridized carbons (Fsp3) is 0.368. The maximum absolute atomic E-state index is 5.64. The van der Waals surface area contributed by atoms with E-state index in [0.717, 1.165) is 35.9 Å². The second-order valence-corrected chi connectivity index (χ2v) is 5.45. The molecule has 2 aromatic rings. The van der Waals surface area contributed by atoms with Crippen LogP contribution in [0, 0.1) is 6.92 Å². The maximum Gasteiger partial charge on any atom is 0.191 e. The first-order valence-electron chi connectivity index (χ1n) is 8.29. The molecule has 25 heavy (non-hydrogen) atoms. The minimum Gasteiger partial charge on any atom is -0.494 e. The summed E-state index contributed by atoms with van der Waals surface area (Å²) in [6.07, 6.45) is 2.83. The number of aromatic nitrogens is 1. The van der Waals surface area contributed by atoms with Crippen molar-refractivity contribution in [2.75, 3.05) is 20.2 Å². The molecule has 1 aromatic carbocycles. The molecule has 6 heteroatoms. The summed E-state index contributed by atoms with van der Waals surface area (Å²) in [7, 11) is 1.78. The number of aliphatic imine (C=N–C) groups is 1. The third-order valence-corrected chi connectivity index (χ3v) is 3.62. The zero-order valence-electron chi connectivity index (χ0n) is 15.1.